The summed E-state index contributed by atoms with van der Waals surface area (Å²) in [7, 11) is -0.0354. The van der Waals surface area contributed by atoms with Gasteiger partial charge >= 0.3 is 0 Å². The first-order valence-electron chi connectivity index (χ1n) is 6.79. The zero-order chi connectivity index (χ0) is 15.3. The van der Waals surface area contributed by atoms with Gasteiger partial charge in [0.05, 0.1) is 4.90 Å². The highest BCUT2D eigenvalue weighted by molar-refractivity contribution is 7.89. The van der Waals surface area contributed by atoms with Gasteiger partial charge in [0.2, 0.25) is 10.0 Å². The summed E-state index contributed by atoms with van der Waals surface area (Å²) in [5.41, 5.74) is 0.785. The second-order valence-corrected chi connectivity index (χ2v) is 7.18. The zero-order valence-electron chi connectivity index (χ0n) is 12.5. The van der Waals surface area contributed by atoms with Crippen LogP contribution in [0.2, 0.25) is 5.02 Å². The minimum Gasteiger partial charge on any atom is -0.316 e. The summed E-state index contributed by atoms with van der Waals surface area (Å²) in [6, 6.07) is 4.87. The summed E-state index contributed by atoms with van der Waals surface area (Å²) in [5.74, 6) is 0. The van der Waals surface area contributed by atoms with Crippen molar-refractivity contribution in [1.29, 1.82) is 0 Å². The lowest BCUT2D eigenvalue weighted by Gasteiger charge is -2.25. The first-order chi connectivity index (χ1) is 9.38. The quantitative estimate of drug-likeness (QED) is 0.841. The van der Waals surface area contributed by atoms with Crippen LogP contribution >= 0.6 is 11.6 Å². The Labute approximate surface area is 127 Å². The van der Waals surface area contributed by atoms with Gasteiger partial charge < -0.3 is 5.32 Å². The summed E-state index contributed by atoms with van der Waals surface area (Å²) < 4.78 is 26.7. The number of sulfonamides is 1. The lowest BCUT2D eigenvalue weighted by Crippen LogP contribution is -2.36. The fraction of sp³-hybridized carbons (Fsp3) is 0.571. The number of rotatable bonds is 7. The summed E-state index contributed by atoms with van der Waals surface area (Å²) in [6.45, 7) is 4.53. The molecular weight excluding hydrogens is 296 g/mol. The van der Waals surface area contributed by atoms with Gasteiger partial charge in [-0.3, -0.25) is 0 Å². The average molecular weight is 319 g/mol. The predicted molar refractivity (Wildman–Crippen MR) is 83.5 cm³/mol. The highest BCUT2D eigenvalue weighted by Crippen LogP contribution is 2.24. The third kappa shape index (κ3) is 3.73. The zero-order valence-corrected chi connectivity index (χ0v) is 14.1. The van der Waals surface area contributed by atoms with Crippen LogP contribution in [0, 0.1) is 0 Å². The fourth-order valence-electron chi connectivity index (χ4n) is 2.20. The molecule has 20 heavy (non-hydrogen) atoms. The van der Waals surface area contributed by atoms with Crippen LogP contribution in [0.15, 0.2) is 23.1 Å². The molecule has 0 bridgehead atoms. The highest BCUT2D eigenvalue weighted by Gasteiger charge is 2.26. The molecule has 0 aromatic heterocycles. The van der Waals surface area contributed by atoms with Gasteiger partial charge in [0.15, 0.2) is 0 Å². The standard InChI is InChI=1S/C14H23ClN2O2S/c1-5-12(6-2)17(4)20(18,19)13-7-8-14(15)11(9-13)10-16-3/h7-9,12,16H,5-6,10H2,1-4H3. The van der Waals surface area contributed by atoms with Crippen LogP contribution < -0.4 is 5.32 Å². The van der Waals surface area contributed by atoms with E-state index >= 15 is 0 Å². The van der Waals surface area contributed by atoms with E-state index in [0.29, 0.717) is 16.5 Å². The molecule has 0 aliphatic rings. The summed E-state index contributed by atoms with van der Waals surface area (Å²) in [4.78, 5) is 0.293. The maximum absolute atomic E-state index is 12.6. The Kier molecular flexibility index (Phi) is 6.45. The minimum atomic E-state index is -3.47. The number of halogens is 1. The molecule has 6 heteroatoms. The molecule has 1 N–H and O–H groups in total. The molecular formula is C14H23ClN2O2S. The van der Waals surface area contributed by atoms with E-state index in [9.17, 15) is 8.42 Å². The molecule has 0 saturated carbocycles. The summed E-state index contributed by atoms with van der Waals surface area (Å²) >= 11 is 6.07. The van der Waals surface area contributed by atoms with Crippen molar-refractivity contribution in [1.82, 2.24) is 9.62 Å². The molecule has 1 aromatic rings. The van der Waals surface area contributed by atoms with Gasteiger partial charge in [-0.1, -0.05) is 25.4 Å². The van der Waals surface area contributed by atoms with Gasteiger partial charge in [-0.2, -0.15) is 4.31 Å². The molecule has 0 atom stereocenters. The van der Waals surface area contributed by atoms with Crippen molar-refractivity contribution in [3.05, 3.63) is 28.8 Å². The van der Waals surface area contributed by atoms with Crippen LogP contribution in [0.25, 0.3) is 0 Å². The Bertz CT molecular complexity index is 542. The monoisotopic (exact) mass is 318 g/mol. The molecule has 0 spiro atoms. The molecule has 1 aromatic carbocycles. The third-order valence-corrected chi connectivity index (χ3v) is 5.79. The van der Waals surface area contributed by atoms with Crippen LogP contribution in [0.1, 0.15) is 32.3 Å². The van der Waals surface area contributed by atoms with E-state index in [-0.39, 0.29) is 6.04 Å². The molecule has 1 rings (SSSR count). The Morgan fingerprint density at radius 2 is 1.90 bits per heavy atom. The van der Waals surface area contributed by atoms with Crippen molar-refractivity contribution in [2.75, 3.05) is 14.1 Å². The molecule has 114 valence electrons. The molecule has 0 saturated heterocycles. The van der Waals surface area contributed by atoms with Crippen LogP contribution in [0.3, 0.4) is 0 Å². The molecule has 4 nitrogen and oxygen atoms in total. The van der Waals surface area contributed by atoms with Crippen molar-refractivity contribution < 1.29 is 8.42 Å². The van der Waals surface area contributed by atoms with E-state index in [2.05, 4.69) is 5.32 Å². The van der Waals surface area contributed by atoms with Crippen molar-refractivity contribution in [2.45, 2.75) is 44.2 Å². The van der Waals surface area contributed by atoms with E-state index in [0.717, 1.165) is 18.4 Å². The first kappa shape index (κ1) is 17.4. The van der Waals surface area contributed by atoms with Crippen LogP contribution in [-0.2, 0) is 16.6 Å². The Morgan fingerprint density at radius 3 is 2.40 bits per heavy atom. The lowest BCUT2D eigenvalue weighted by molar-refractivity contribution is 0.349. The number of hydrogen-bond acceptors (Lipinski definition) is 3. The Balaban J connectivity index is 3.18. The van der Waals surface area contributed by atoms with Crippen molar-refractivity contribution in [2.24, 2.45) is 0 Å². The van der Waals surface area contributed by atoms with E-state index in [4.69, 9.17) is 11.6 Å². The summed E-state index contributed by atoms with van der Waals surface area (Å²) in [5, 5.41) is 3.56. The maximum Gasteiger partial charge on any atom is 0.243 e. The van der Waals surface area contributed by atoms with Crippen molar-refractivity contribution in [3.8, 4) is 0 Å². The van der Waals surface area contributed by atoms with E-state index in [1.54, 1.807) is 32.3 Å². The van der Waals surface area contributed by atoms with Gasteiger partial charge in [0.1, 0.15) is 0 Å². The number of benzene rings is 1. The largest absolute Gasteiger partial charge is 0.316 e. The van der Waals surface area contributed by atoms with Crippen LogP contribution in [-0.4, -0.2) is 32.9 Å². The molecule has 0 heterocycles. The molecule has 0 aliphatic heterocycles. The van der Waals surface area contributed by atoms with Crippen LogP contribution in [0.4, 0.5) is 0 Å². The SMILES string of the molecule is CCC(CC)N(C)S(=O)(=O)c1ccc(Cl)c(CNC)c1. The smallest absolute Gasteiger partial charge is 0.243 e. The molecule has 0 radical (unpaired) electrons. The van der Waals surface area contributed by atoms with Gasteiger partial charge in [-0.15, -0.1) is 0 Å². The summed E-state index contributed by atoms with van der Waals surface area (Å²) in [6.07, 6.45) is 1.59. The number of nitrogens with one attached hydrogen (secondary N) is 1. The second-order valence-electron chi connectivity index (χ2n) is 4.78. The predicted octanol–water partition coefficient (Wildman–Crippen LogP) is 2.87. The normalized spacial score (nSPS) is 12.3. The average Bonchev–Trinajstić information content (AvgIpc) is 2.42. The first-order valence-corrected chi connectivity index (χ1v) is 8.61. The second kappa shape index (κ2) is 7.41. The maximum atomic E-state index is 12.6. The topological polar surface area (TPSA) is 49.4 Å². The molecule has 0 fully saturated rings. The van der Waals surface area contributed by atoms with Crippen molar-refractivity contribution >= 4 is 21.6 Å². The van der Waals surface area contributed by atoms with Gasteiger partial charge in [-0.25, -0.2) is 8.42 Å². The van der Waals surface area contributed by atoms with Crippen molar-refractivity contribution in [3.63, 3.8) is 0 Å². The Morgan fingerprint density at radius 1 is 1.30 bits per heavy atom. The lowest BCUT2D eigenvalue weighted by atomic mass is 10.2. The van der Waals surface area contributed by atoms with Gasteiger partial charge in [0, 0.05) is 24.7 Å². The fourth-order valence-corrected chi connectivity index (χ4v) is 3.94. The number of hydrogen-bond donors (Lipinski definition) is 1. The van der Waals surface area contributed by atoms with Crippen LogP contribution in [0.5, 0.6) is 0 Å². The van der Waals surface area contributed by atoms with E-state index < -0.39 is 10.0 Å². The molecule has 0 aliphatic carbocycles. The van der Waals surface area contributed by atoms with E-state index in [1.807, 2.05) is 13.8 Å². The van der Waals surface area contributed by atoms with Gasteiger partial charge in [-0.05, 0) is 43.7 Å². The highest BCUT2D eigenvalue weighted by atomic mass is 35.5. The van der Waals surface area contributed by atoms with Gasteiger partial charge in [0.25, 0.3) is 0 Å². The Hall–Kier alpha value is -0.620. The molecule has 0 unspecified atom stereocenters. The third-order valence-electron chi connectivity index (χ3n) is 3.52. The van der Waals surface area contributed by atoms with E-state index in [1.165, 1.54) is 4.31 Å². The minimum absolute atomic E-state index is 0.0171. The molecule has 0 amide bonds. The number of nitrogens with zero attached hydrogens (tertiary/aromatic N) is 1.